The number of carbonyl (C=O) groups is 2. The molecule has 10 heteroatoms. The number of carboxylic acid groups (broad SMARTS) is 1. The topological polar surface area (TPSA) is 113 Å². The van der Waals surface area contributed by atoms with E-state index in [1.54, 1.807) is 36.1 Å². The molecule has 0 aliphatic heterocycles. The van der Waals surface area contributed by atoms with E-state index in [9.17, 15) is 18.4 Å². The summed E-state index contributed by atoms with van der Waals surface area (Å²) in [5.74, 6) is -2.24. The number of hydrogen-bond donors (Lipinski definition) is 3. The molecule has 1 amide bonds. The van der Waals surface area contributed by atoms with E-state index < -0.39 is 17.7 Å². The Morgan fingerprint density at radius 3 is 2.58 bits per heavy atom. The second-order valence-electron chi connectivity index (χ2n) is 7.37. The van der Waals surface area contributed by atoms with Crippen LogP contribution in [0.15, 0.2) is 55.0 Å². The van der Waals surface area contributed by atoms with Gasteiger partial charge >= 0.3 is 5.97 Å². The van der Waals surface area contributed by atoms with Gasteiger partial charge in [0.2, 0.25) is 0 Å². The number of benzene rings is 2. The number of nitrogens with zero attached hydrogens (tertiary/aromatic N) is 3. The third kappa shape index (κ3) is 4.79. The Labute approximate surface area is 186 Å². The first kappa shape index (κ1) is 21.9. The second-order valence-corrected chi connectivity index (χ2v) is 7.37. The number of rotatable bonds is 7. The van der Waals surface area contributed by atoms with Crippen molar-refractivity contribution in [3.63, 3.8) is 0 Å². The number of hydrogen-bond acceptors (Lipinski definition) is 4. The van der Waals surface area contributed by atoms with Crippen LogP contribution in [0.4, 0.5) is 14.5 Å². The molecule has 4 rings (SSSR count). The molecular weight excluding hydrogens is 432 g/mol. The summed E-state index contributed by atoms with van der Waals surface area (Å²) >= 11 is 0. The molecule has 0 fully saturated rings. The highest BCUT2D eigenvalue weighted by atomic mass is 19.1. The Kier molecular flexibility index (Phi) is 5.99. The minimum Gasteiger partial charge on any atom is -0.481 e. The zero-order valence-corrected chi connectivity index (χ0v) is 17.5. The minimum atomic E-state index is -0.973. The summed E-state index contributed by atoms with van der Waals surface area (Å²) in [4.78, 5) is 34.8. The zero-order valence-electron chi connectivity index (χ0n) is 17.5. The maximum Gasteiger partial charge on any atom is 0.303 e. The lowest BCUT2D eigenvalue weighted by Crippen LogP contribution is -2.13. The van der Waals surface area contributed by atoms with Crippen molar-refractivity contribution in [2.45, 2.75) is 12.8 Å². The Morgan fingerprint density at radius 2 is 1.88 bits per heavy atom. The van der Waals surface area contributed by atoms with Crippen LogP contribution in [0.5, 0.6) is 0 Å². The molecule has 0 atom stereocenters. The standard InChI is InChI=1S/C23H19F2N5O3/c1-30-12-27-20(14-4-6-15(24)7-5-14)21(30)22-26-11-18(28-22)23(33)29-17-8-2-13(10-16(17)25)3-9-19(31)32/h2,4-8,10-12H,3,9H2,1H3,(H,26,28)(H,29,33)(H,31,32). The van der Waals surface area contributed by atoms with Crippen LogP contribution >= 0.6 is 0 Å². The van der Waals surface area contributed by atoms with E-state index in [0.717, 1.165) is 0 Å². The molecule has 0 spiro atoms. The lowest BCUT2D eigenvalue weighted by atomic mass is 10.1. The average Bonchev–Trinajstić information content (AvgIpc) is 3.41. The number of amides is 1. The number of carbonyl (C=O) groups excluding carboxylic acids is 1. The van der Waals surface area contributed by atoms with Crippen LogP contribution in [-0.4, -0.2) is 36.5 Å². The molecule has 2 heterocycles. The average molecular weight is 451 g/mol. The number of aliphatic carboxylic acids is 1. The zero-order chi connectivity index (χ0) is 23.5. The van der Waals surface area contributed by atoms with Crippen molar-refractivity contribution in [1.82, 2.24) is 19.5 Å². The summed E-state index contributed by atoms with van der Waals surface area (Å²) in [5, 5.41) is 11.2. The smallest absolute Gasteiger partial charge is 0.303 e. The number of aryl methyl sites for hydroxylation is 2. The van der Waals surface area contributed by atoms with Crippen molar-refractivity contribution in [2.75, 3.05) is 5.32 Å². The van der Waals surface area contributed by atoms with Gasteiger partial charge in [-0.25, -0.2) is 18.7 Å². The van der Waals surface area contributed by atoms with Crippen molar-refractivity contribution >= 4 is 17.6 Å². The van der Waals surface area contributed by atoms with Crippen LogP contribution in [0, 0.1) is 11.6 Å². The monoisotopic (exact) mass is 451 g/mol. The predicted molar refractivity (Wildman–Crippen MR) is 116 cm³/mol. The first-order valence-electron chi connectivity index (χ1n) is 9.96. The fourth-order valence-electron chi connectivity index (χ4n) is 3.34. The fraction of sp³-hybridized carbons (Fsp3) is 0.130. The Morgan fingerprint density at radius 1 is 1.12 bits per heavy atom. The van der Waals surface area contributed by atoms with Gasteiger partial charge in [-0.2, -0.15) is 0 Å². The molecule has 4 aromatic rings. The molecular formula is C23H19F2N5O3. The van der Waals surface area contributed by atoms with E-state index in [1.165, 1.54) is 30.5 Å². The van der Waals surface area contributed by atoms with Crippen molar-refractivity contribution in [3.8, 4) is 22.8 Å². The van der Waals surface area contributed by atoms with E-state index in [1.807, 2.05) is 0 Å². The molecule has 2 aromatic carbocycles. The van der Waals surface area contributed by atoms with Crippen LogP contribution in [0.2, 0.25) is 0 Å². The number of H-pyrrole nitrogens is 1. The van der Waals surface area contributed by atoms with Crippen molar-refractivity contribution in [3.05, 3.63) is 77.9 Å². The first-order chi connectivity index (χ1) is 15.8. The maximum absolute atomic E-state index is 14.4. The molecule has 0 radical (unpaired) electrons. The Balaban J connectivity index is 1.54. The highest BCUT2D eigenvalue weighted by molar-refractivity contribution is 6.03. The Hall–Kier alpha value is -4.34. The van der Waals surface area contributed by atoms with E-state index in [4.69, 9.17) is 5.11 Å². The lowest BCUT2D eigenvalue weighted by Gasteiger charge is -2.07. The quantitative estimate of drug-likeness (QED) is 0.393. The highest BCUT2D eigenvalue weighted by Gasteiger charge is 2.19. The van der Waals surface area contributed by atoms with Crippen molar-refractivity contribution in [1.29, 1.82) is 0 Å². The summed E-state index contributed by atoms with van der Waals surface area (Å²) in [6, 6.07) is 10.00. The molecule has 0 saturated carbocycles. The van der Waals surface area contributed by atoms with Gasteiger partial charge in [0.15, 0.2) is 5.82 Å². The SMILES string of the molecule is Cn1cnc(-c2ccc(F)cc2)c1-c1ncc(C(=O)Nc2ccc(CCC(=O)O)cc2F)[nH]1. The summed E-state index contributed by atoms with van der Waals surface area (Å²) in [6.45, 7) is 0. The van der Waals surface area contributed by atoms with Crippen molar-refractivity contribution in [2.24, 2.45) is 7.05 Å². The molecule has 0 bridgehead atoms. The summed E-state index contributed by atoms with van der Waals surface area (Å²) in [6.07, 6.45) is 2.98. The largest absolute Gasteiger partial charge is 0.481 e. The molecule has 0 unspecified atom stereocenters. The van der Waals surface area contributed by atoms with Crippen LogP contribution in [0.3, 0.4) is 0 Å². The second kappa shape index (κ2) is 9.03. The molecule has 0 aliphatic rings. The van der Waals surface area contributed by atoms with Crippen LogP contribution in [0.25, 0.3) is 22.8 Å². The van der Waals surface area contributed by atoms with Gasteiger partial charge in [0.05, 0.1) is 23.9 Å². The van der Waals surface area contributed by atoms with Gasteiger partial charge in [-0.1, -0.05) is 6.07 Å². The van der Waals surface area contributed by atoms with Gasteiger partial charge in [0, 0.05) is 19.0 Å². The van der Waals surface area contributed by atoms with E-state index in [2.05, 4.69) is 20.3 Å². The number of anilines is 1. The molecule has 33 heavy (non-hydrogen) atoms. The molecule has 168 valence electrons. The van der Waals surface area contributed by atoms with Gasteiger partial charge in [-0.3, -0.25) is 9.59 Å². The summed E-state index contributed by atoms with van der Waals surface area (Å²) in [5.41, 5.74) is 2.41. The van der Waals surface area contributed by atoms with Gasteiger partial charge in [0.1, 0.15) is 23.0 Å². The normalized spacial score (nSPS) is 10.9. The number of carboxylic acids is 1. The van der Waals surface area contributed by atoms with Gasteiger partial charge in [-0.15, -0.1) is 0 Å². The maximum atomic E-state index is 14.4. The number of halogens is 2. The number of nitrogens with one attached hydrogen (secondary N) is 2. The highest BCUT2D eigenvalue weighted by Crippen LogP contribution is 2.29. The summed E-state index contributed by atoms with van der Waals surface area (Å²) in [7, 11) is 1.76. The van der Waals surface area contributed by atoms with E-state index >= 15 is 0 Å². The molecule has 0 saturated heterocycles. The molecule has 0 aliphatic carbocycles. The van der Waals surface area contributed by atoms with Gasteiger partial charge in [-0.05, 0) is 48.4 Å². The Bertz CT molecular complexity index is 1330. The van der Waals surface area contributed by atoms with Crippen LogP contribution < -0.4 is 5.32 Å². The molecule has 2 aromatic heterocycles. The van der Waals surface area contributed by atoms with Gasteiger partial charge < -0.3 is 20.0 Å². The van der Waals surface area contributed by atoms with Gasteiger partial charge in [0.25, 0.3) is 5.91 Å². The van der Waals surface area contributed by atoms with E-state index in [0.29, 0.717) is 28.3 Å². The number of aromatic amines is 1. The number of imidazole rings is 2. The first-order valence-corrected chi connectivity index (χ1v) is 9.96. The lowest BCUT2D eigenvalue weighted by molar-refractivity contribution is -0.136. The van der Waals surface area contributed by atoms with Crippen molar-refractivity contribution < 1.29 is 23.5 Å². The molecule has 3 N–H and O–H groups in total. The predicted octanol–water partition coefficient (Wildman–Crippen LogP) is 4.02. The third-order valence-corrected chi connectivity index (χ3v) is 5.01. The van der Waals surface area contributed by atoms with Crippen LogP contribution in [0.1, 0.15) is 22.5 Å². The molecule has 8 nitrogen and oxygen atoms in total. The number of aromatic nitrogens is 4. The minimum absolute atomic E-state index is 0.0391. The fourth-order valence-corrected chi connectivity index (χ4v) is 3.34. The van der Waals surface area contributed by atoms with Crippen LogP contribution in [-0.2, 0) is 18.3 Å². The summed E-state index contributed by atoms with van der Waals surface area (Å²) < 4.78 is 29.4. The van der Waals surface area contributed by atoms with E-state index in [-0.39, 0.29) is 30.0 Å². The third-order valence-electron chi connectivity index (χ3n) is 5.01.